The van der Waals surface area contributed by atoms with E-state index in [1.807, 2.05) is 25.2 Å². The summed E-state index contributed by atoms with van der Waals surface area (Å²) in [6.45, 7) is 12.0. The molecule has 1 unspecified atom stereocenters. The Hall–Kier alpha value is -3.91. The molecule has 228 valence electrons. The highest BCUT2D eigenvalue weighted by molar-refractivity contribution is 6.00. The lowest BCUT2D eigenvalue weighted by Crippen LogP contribution is -2.42. The number of hydrogen-bond acceptors (Lipinski definition) is 5. The molecule has 1 aromatic carbocycles. The summed E-state index contributed by atoms with van der Waals surface area (Å²) in [6, 6.07) is 5.24. The molecule has 1 atom stereocenters. The Kier molecular flexibility index (Phi) is 14.7. The Balaban J connectivity index is 0.00000882. The maximum atomic E-state index is 12.5. The minimum atomic E-state index is -0.999. The first-order chi connectivity index (χ1) is 19.3. The van der Waals surface area contributed by atoms with Crippen LogP contribution in [0.15, 0.2) is 83.0 Å². The number of esters is 1. The number of hydrogen-bond donors (Lipinski definition) is 3. The summed E-state index contributed by atoms with van der Waals surface area (Å²) in [7, 11) is 0. The van der Waals surface area contributed by atoms with Gasteiger partial charge in [0.05, 0.1) is 0 Å². The van der Waals surface area contributed by atoms with Gasteiger partial charge in [0, 0.05) is 25.1 Å². The molecule has 42 heavy (non-hydrogen) atoms. The van der Waals surface area contributed by atoms with E-state index in [0.29, 0.717) is 5.69 Å². The van der Waals surface area contributed by atoms with Crippen LogP contribution in [0.25, 0.3) is 0 Å². The zero-order valence-corrected chi connectivity index (χ0v) is 26.2. The van der Waals surface area contributed by atoms with Crippen LogP contribution >= 0.6 is 12.4 Å². The van der Waals surface area contributed by atoms with Crippen molar-refractivity contribution >= 4 is 41.8 Å². The SMILES string of the molecule is CC(=O)NC(CCC(N)=O)C(=O)Oc1ccc(NC(=O)C=C(C)C=CC=C(C)C=CC2=C(C)CCCC2(C)C)cc1.Cl. The second-order valence-electron chi connectivity index (χ2n) is 11.1. The molecule has 0 heterocycles. The first kappa shape index (κ1) is 36.1. The van der Waals surface area contributed by atoms with E-state index >= 15 is 0 Å². The molecular formula is C33H44ClN3O5. The van der Waals surface area contributed by atoms with E-state index in [-0.39, 0.29) is 42.3 Å². The predicted molar refractivity (Wildman–Crippen MR) is 170 cm³/mol. The lowest BCUT2D eigenvalue weighted by molar-refractivity contribution is -0.139. The summed E-state index contributed by atoms with van der Waals surface area (Å²) < 4.78 is 5.31. The van der Waals surface area contributed by atoms with Crippen molar-refractivity contribution in [3.8, 4) is 5.75 Å². The van der Waals surface area contributed by atoms with E-state index < -0.39 is 23.8 Å². The van der Waals surface area contributed by atoms with Crippen molar-refractivity contribution in [1.82, 2.24) is 5.32 Å². The van der Waals surface area contributed by atoms with Gasteiger partial charge >= 0.3 is 5.97 Å². The maximum Gasteiger partial charge on any atom is 0.334 e. The minimum Gasteiger partial charge on any atom is -0.425 e. The Morgan fingerprint density at radius 3 is 2.31 bits per heavy atom. The Bertz CT molecular complexity index is 1290. The number of benzene rings is 1. The Morgan fingerprint density at radius 2 is 1.71 bits per heavy atom. The number of nitrogens with two attached hydrogens (primary N) is 1. The van der Waals surface area contributed by atoms with Crippen molar-refractivity contribution in [3.05, 3.63) is 83.0 Å². The third-order valence-corrected chi connectivity index (χ3v) is 6.81. The molecule has 9 heteroatoms. The number of rotatable bonds is 12. The molecule has 3 amide bonds. The van der Waals surface area contributed by atoms with Crippen molar-refractivity contribution in [2.45, 2.75) is 79.7 Å². The van der Waals surface area contributed by atoms with Crippen LogP contribution in [0, 0.1) is 5.41 Å². The normalized spacial score (nSPS) is 16.1. The van der Waals surface area contributed by atoms with Gasteiger partial charge in [-0.2, -0.15) is 0 Å². The number of anilines is 1. The van der Waals surface area contributed by atoms with Gasteiger partial charge < -0.3 is 21.1 Å². The molecule has 1 aliphatic rings. The van der Waals surface area contributed by atoms with E-state index in [1.165, 1.54) is 49.1 Å². The van der Waals surface area contributed by atoms with Gasteiger partial charge in [-0.15, -0.1) is 12.4 Å². The number of primary amides is 1. The van der Waals surface area contributed by atoms with Gasteiger partial charge in [0.25, 0.3) is 0 Å². The predicted octanol–water partition coefficient (Wildman–Crippen LogP) is 6.25. The van der Waals surface area contributed by atoms with Crippen LogP contribution in [-0.2, 0) is 19.2 Å². The molecule has 0 saturated carbocycles. The molecule has 0 spiro atoms. The highest BCUT2D eigenvalue weighted by Crippen LogP contribution is 2.40. The van der Waals surface area contributed by atoms with E-state index in [1.54, 1.807) is 12.1 Å². The number of nitrogens with one attached hydrogen (secondary N) is 2. The van der Waals surface area contributed by atoms with E-state index in [0.717, 1.165) is 17.6 Å². The number of halogens is 1. The zero-order valence-electron chi connectivity index (χ0n) is 25.4. The van der Waals surface area contributed by atoms with Crippen molar-refractivity contribution in [3.63, 3.8) is 0 Å². The van der Waals surface area contributed by atoms with Crippen LogP contribution in [0.3, 0.4) is 0 Å². The lowest BCUT2D eigenvalue weighted by Gasteiger charge is -2.32. The van der Waals surface area contributed by atoms with Crippen molar-refractivity contribution in [1.29, 1.82) is 0 Å². The van der Waals surface area contributed by atoms with Crippen LogP contribution in [0.5, 0.6) is 5.75 Å². The van der Waals surface area contributed by atoms with Crippen molar-refractivity contribution < 1.29 is 23.9 Å². The van der Waals surface area contributed by atoms with Gasteiger partial charge in [-0.3, -0.25) is 14.4 Å². The van der Waals surface area contributed by atoms with Crippen LogP contribution in [0.1, 0.15) is 73.6 Å². The van der Waals surface area contributed by atoms with E-state index in [4.69, 9.17) is 10.5 Å². The van der Waals surface area contributed by atoms with Gasteiger partial charge in [-0.25, -0.2) is 4.79 Å². The minimum absolute atomic E-state index is 0. The van der Waals surface area contributed by atoms with Crippen LogP contribution in [-0.4, -0.2) is 29.7 Å². The van der Waals surface area contributed by atoms with Gasteiger partial charge in [0.15, 0.2) is 0 Å². The monoisotopic (exact) mass is 597 g/mol. The van der Waals surface area contributed by atoms with Crippen molar-refractivity contribution in [2.75, 3.05) is 5.32 Å². The quantitative estimate of drug-likeness (QED) is 0.113. The first-order valence-electron chi connectivity index (χ1n) is 13.9. The second kappa shape index (κ2) is 17.1. The highest BCUT2D eigenvalue weighted by atomic mass is 35.5. The second-order valence-corrected chi connectivity index (χ2v) is 11.1. The average Bonchev–Trinajstić information content (AvgIpc) is 2.86. The molecule has 4 N–H and O–H groups in total. The van der Waals surface area contributed by atoms with Crippen LogP contribution < -0.4 is 21.1 Å². The molecule has 0 aromatic heterocycles. The van der Waals surface area contributed by atoms with Gasteiger partial charge in [-0.05, 0) is 87.3 Å². The first-order valence-corrected chi connectivity index (χ1v) is 13.9. The zero-order chi connectivity index (χ0) is 30.6. The number of ether oxygens (including phenoxy) is 1. The summed E-state index contributed by atoms with van der Waals surface area (Å²) in [5.41, 5.74) is 10.7. The van der Waals surface area contributed by atoms with E-state index in [9.17, 15) is 19.2 Å². The summed E-state index contributed by atoms with van der Waals surface area (Å²) in [5.74, 6) is -1.79. The molecule has 8 nitrogen and oxygen atoms in total. The third-order valence-electron chi connectivity index (χ3n) is 6.81. The molecular weight excluding hydrogens is 554 g/mol. The Morgan fingerprint density at radius 1 is 1.05 bits per heavy atom. The summed E-state index contributed by atoms with van der Waals surface area (Å²) in [4.78, 5) is 47.3. The van der Waals surface area contributed by atoms with Gasteiger partial charge in [-0.1, -0.05) is 55.4 Å². The molecule has 0 fully saturated rings. The fourth-order valence-electron chi connectivity index (χ4n) is 4.64. The topological polar surface area (TPSA) is 128 Å². The molecule has 1 aliphatic carbocycles. The standard InChI is InChI=1S/C33H43N3O5.ClH/c1-22(12-17-28-24(3)11-8-20-33(28,5)6)9-7-10-23(2)21-31(39)36-26-13-15-27(16-14-26)41-32(40)29(35-25(4)37)18-19-30(34)38;/h7,9-10,12-17,21,29H,8,11,18-20H2,1-6H3,(H2,34,38)(H,35,37)(H,36,39);1H. The van der Waals surface area contributed by atoms with E-state index in [2.05, 4.69) is 50.5 Å². The Labute approximate surface area is 255 Å². The van der Waals surface area contributed by atoms with Crippen LogP contribution in [0.4, 0.5) is 5.69 Å². The van der Waals surface area contributed by atoms with Crippen LogP contribution in [0.2, 0.25) is 0 Å². The fourth-order valence-corrected chi connectivity index (χ4v) is 4.64. The smallest absolute Gasteiger partial charge is 0.334 e. The third kappa shape index (κ3) is 12.7. The molecule has 0 aliphatic heterocycles. The summed E-state index contributed by atoms with van der Waals surface area (Å²) in [5, 5.41) is 5.23. The molecule has 0 saturated heterocycles. The number of carbonyl (C=O) groups excluding carboxylic acids is 4. The number of allylic oxidation sites excluding steroid dienone is 9. The molecule has 2 rings (SSSR count). The fraction of sp³-hybridized carbons (Fsp3) is 0.394. The maximum absolute atomic E-state index is 12.5. The largest absolute Gasteiger partial charge is 0.425 e. The lowest BCUT2D eigenvalue weighted by atomic mass is 9.72. The van der Waals surface area contributed by atoms with Crippen molar-refractivity contribution in [2.24, 2.45) is 11.1 Å². The molecule has 0 radical (unpaired) electrons. The number of amides is 3. The molecule has 0 bridgehead atoms. The van der Waals surface area contributed by atoms with Gasteiger partial charge in [0.1, 0.15) is 11.8 Å². The van der Waals surface area contributed by atoms with Gasteiger partial charge in [0.2, 0.25) is 17.7 Å². The summed E-state index contributed by atoms with van der Waals surface area (Å²) >= 11 is 0. The average molecular weight is 598 g/mol. The highest BCUT2D eigenvalue weighted by Gasteiger charge is 2.26. The summed E-state index contributed by atoms with van der Waals surface area (Å²) in [6.07, 6.45) is 15.3. The molecule has 1 aromatic rings. The number of carbonyl (C=O) groups is 4.